The zero-order valence-corrected chi connectivity index (χ0v) is 12.4. The molecule has 1 unspecified atom stereocenters. The summed E-state index contributed by atoms with van der Waals surface area (Å²) in [6.45, 7) is 12.2. The second-order valence-electron chi connectivity index (χ2n) is 5.44. The highest BCUT2D eigenvalue weighted by molar-refractivity contribution is 5.97. The Morgan fingerprint density at radius 1 is 1.21 bits per heavy atom. The molecule has 1 aromatic rings. The van der Waals surface area contributed by atoms with Crippen LogP contribution in [0.1, 0.15) is 55.6 Å². The van der Waals surface area contributed by atoms with Crippen molar-refractivity contribution >= 4 is 17.9 Å². The first-order valence-corrected chi connectivity index (χ1v) is 6.91. The maximum absolute atomic E-state index is 12.3. The molecule has 1 atom stereocenters. The van der Waals surface area contributed by atoms with Crippen LogP contribution in [0.2, 0.25) is 0 Å². The highest BCUT2D eigenvalue weighted by Gasteiger charge is 2.14. The van der Waals surface area contributed by atoms with Gasteiger partial charge >= 0.3 is 0 Å². The van der Waals surface area contributed by atoms with E-state index in [-0.39, 0.29) is 5.78 Å². The van der Waals surface area contributed by atoms with Crippen LogP contribution in [0.15, 0.2) is 30.9 Å². The van der Waals surface area contributed by atoms with Crippen molar-refractivity contribution in [3.8, 4) is 0 Å². The molecule has 0 saturated heterocycles. The van der Waals surface area contributed by atoms with Crippen molar-refractivity contribution in [1.82, 2.24) is 0 Å². The highest BCUT2D eigenvalue weighted by Crippen LogP contribution is 2.20. The molecule has 19 heavy (non-hydrogen) atoms. The van der Waals surface area contributed by atoms with Gasteiger partial charge in [-0.1, -0.05) is 45.6 Å². The van der Waals surface area contributed by atoms with Crippen molar-refractivity contribution in [2.45, 2.75) is 34.1 Å². The normalized spacial score (nSPS) is 12.9. The van der Waals surface area contributed by atoms with Crippen LogP contribution in [-0.4, -0.2) is 5.78 Å². The molecule has 0 aliphatic heterocycles. The van der Waals surface area contributed by atoms with Gasteiger partial charge in [-0.3, -0.25) is 4.79 Å². The van der Waals surface area contributed by atoms with Gasteiger partial charge in [-0.05, 0) is 48.1 Å². The fourth-order valence-electron chi connectivity index (χ4n) is 1.89. The van der Waals surface area contributed by atoms with Crippen LogP contribution >= 0.6 is 0 Å². The average molecular weight is 256 g/mol. The van der Waals surface area contributed by atoms with Crippen LogP contribution in [0.3, 0.4) is 0 Å². The summed E-state index contributed by atoms with van der Waals surface area (Å²) in [5, 5.41) is 0. The van der Waals surface area contributed by atoms with Crippen molar-refractivity contribution in [2.75, 3.05) is 0 Å². The number of carbonyl (C=O) groups is 1. The number of hydrogen-bond acceptors (Lipinski definition) is 1. The molecular weight excluding hydrogens is 232 g/mol. The van der Waals surface area contributed by atoms with E-state index in [1.165, 1.54) is 0 Å². The Kier molecular flexibility index (Phi) is 5.75. The summed E-state index contributed by atoms with van der Waals surface area (Å²) in [6.07, 6.45) is 6.38. The summed E-state index contributed by atoms with van der Waals surface area (Å²) >= 11 is 0. The molecule has 1 aromatic carbocycles. The topological polar surface area (TPSA) is 17.1 Å². The Morgan fingerprint density at radius 2 is 1.84 bits per heavy atom. The standard InChI is InChI=1S/C18H24O/c1-6-8-16-10-15(7-2)11-17(12-16)18(19)9-14(5)13(3)4/h6-8,10-14H,2,9H2,1,3-5H3. The van der Waals surface area contributed by atoms with Crippen LogP contribution in [0, 0.1) is 11.8 Å². The molecule has 0 amide bonds. The molecule has 1 nitrogen and oxygen atoms in total. The van der Waals surface area contributed by atoms with Crippen molar-refractivity contribution in [3.05, 3.63) is 47.5 Å². The van der Waals surface area contributed by atoms with Crippen molar-refractivity contribution in [3.63, 3.8) is 0 Å². The maximum atomic E-state index is 12.3. The Hall–Kier alpha value is -1.63. The van der Waals surface area contributed by atoms with Crippen molar-refractivity contribution < 1.29 is 4.79 Å². The second-order valence-corrected chi connectivity index (χ2v) is 5.44. The van der Waals surface area contributed by atoms with E-state index in [4.69, 9.17) is 0 Å². The summed E-state index contributed by atoms with van der Waals surface area (Å²) < 4.78 is 0. The lowest BCUT2D eigenvalue weighted by molar-refractivity contribution is 0.0953. The van der Waals surface area contributed by atoms with Gasteiger partial charge in [0.25, 0.3) is 0 Å². The third-order valence-corrected chi connectivity index (χ3v) is 3.54. The third kappa shape index (κ3) is 4.51. The van der Waals surface area contributed by atoms with Gasteiger partial charge < -0.3 is 0 Å². The molecule has 0 saturated carbocycles. The molecule has 0 aliphatic rings. The van der Waals surface area contributed by atoms with Gasteiger partial charge in [-0.15, -0.1) is 0 Å². The smallest absolute Gasteiger partial charge is 0.163 e. The Balaban J connectivity index is 3.01. The molecule has 0 aromatic heterocycles. The van der Waals surface area contributed by atoms with E-state index < -0.39 is 0 Å². The van der Waals surface area contributed by atoms with Crippen molar-refractivity contribution in [1.29, 1.82) is 0 Å². The van der Waals surface area contributed by atoms with Crippen LogP contribution in [0.4, 0.5) is 0 Å². The number of Topliss-reactive ketones (excluding diaryl/α,β-unsaturated/α-hetero) is 1. The summed E-state index contributed by atoms with van der Waals surface area (Å²) in [6, 6.07) is 5.92. The van der Waals surface area contributed by atoms with Gasteiger partial charge in [-0.25, -0.2) is 0 Å². The summed E-state index contributed by atoms with van der Waals surface area (Å²) in [5.74, 6) is 1.15. The third-order valence-electron chi connectivity index (χ3n) is 3.54. The van der Waals surface area contributed by atoms with E-state index in [1.54, 1.807) is 6.08 Å². The lowest BCUT2D eigenvalue weighted by Crippen LogP contribution is -2.11. The lowest BCUT2D eigenvalue weighted by atomic mass is 9.90. The minimum Gasteiger partial charge on any atom is -0.294 e. The van der Waals surface area contributed by atoms with Crippen molar-refractivity contribution in [2.24, 2.45) is 11.8 Å². The first-order chi connectivity index (χ1) is 8.97. The van der Waals surface area contributed by atoms with E-state index in [9.17, 15) is 4.79 Å². The minimum atomic E-state index is 0.218. The number of carbonyl (C=O) groups excluding carboxylic acids is 1. The predicted octanol–water partition coefficient (Wildman–Crippen LogP) is 5.23. The molecule has 0 radical (unpaired) electrons. The van der Waals surface area contributed by atoms with E-state index in [0.29, 0.717) is 18.3 Å². The molecule has 1 rings (SSSR count). The van der Waals surface area contributed by atoms with Crippen LogP contribution in [0.25, 0.3) is 12.2 Å². The SMILES string of the molecule is C=Cc1cc(C=CC)cc(C(=O)CC(C)C(C)C)c1. The molecular formula is C18H24O. The Morgan fingerprint density at radius 3 is 2.37 bits per heavy atom. The second kappa shape index (κ2) is 7.08. The summed E-state index contributed by atoms with van der Waals surface area (Å²) in [7, 11) is 0. The zero-order chi connectivity index (χ0) is 14.4. The quantitative estimate of drug-likeness (QED) is 0.637. The molecule has 0 spiro atoms. The molecule has 0 aliphatic carbocycles. The number of ketones is 1. The van der Waals surface area contributed by atoms with E-state index in [2.05, 4.69) is 27.4 Å². The zero-order valence-electron chi connectivity index (χ0n) is 12.4. The monoisotopic (exact) mass is 256 g/mol. The Labute approximate surface area is 117 Å². The fourth-order valence-corrected chi connectivity index (χ4v) is 1.89. The number of hydrogen-bond donors (Lipinski definition) is 0. The highest BCUT2D eigenvalue weighted by atomic mass is 16.1. The van der Waals surface area contributed by atoms with E-state index >= 15 is 0 Å². The number of benzene rings is 1. The molecule has 0 fully saturated rings. The molecule has 0 bridgehead atoms. The predicted molar refractivity (Wildman–Crippen MR) is 84.2 cm³/mol. The molecule has 1 heteroatoms. The largest absolute Gasteiger partial charge is 0.294 e. The van der Waals surface area contributed by atoms with Crippen LogP contribution in [-0.2, 0) is 0 Å². The number of allylic oxidation sites excluding steroid dienone is 1. The molecule has 0 N–H and O–H groups in total. The van der Waals surface area contributed by atoms with Gasteiger partial charge in [-0.2, -0.15) is 0 Å². The van der Waals surface area contributed by atoms with E-state index in [1.807, 2.05) is 37.3 Å². The van der Waals surface area contributed by atoms with Crippen LogP contribution in [0.5, 0.6) is 0 Å². The lowest BCUT2D eigenvalue weighted by Gasteiger charge is -2.14. The first kappa shape index (κ1) is 15.4. The maximum Gasteiger partial charge on any atom is 0.163 e. The van der Waals surface area contributed by atoms with Gasteiger partial charge in [0.1, 0.15) is 0 Å². The summed E-state index contributed by atoms with van der Waals surface area (Å²) in [5.41, 5.74) is 2.84. The van der Waals surface area contributed by atoms with Gasteiger partial charge in [0, 0.05) is 12.0 Å². The molecule has 0 heterocycles. The van der Waals surface area contributed by atoms with Gasteiger partial charge in [0.15, 0.2) is 5.78 Å². The van der Waals surface area contributed by atoms with E-state index in [0.717, 1.165) is 16.7 Å². The Bertz CT molecular complexity index is 480. The minimum absolute atomic E-state index is 0.218. The average Bonchev–Trinajstić information content (AvgIpc) is 2.38. The molecule has 102 valence electrons. The van der Waals surface area contributed by atoms with Gasteiger partial charge in [0.05, 0.1) is 0 Å². The first-order valence-electron chi connectivity index (χ1n) is 6.91. The fraction of sp³-hybridized carbons (Fsp3) is 0.389. The number of rotatable bonds is 6. The summed E-state index contributed by atoms with van der Waals surface area (Å²) in [4.78, 5) is 12.3. The van der Waals surface area contributed by atoms with Gasteiger partial charge in [0.2, 0.25) is 0 Å². The van der Waals surface area contributed by atoms with Crippen LogP contribution < -0.4 is 0 Å².